The lowest BCUT2D eigenvalue weighted by molar-refractivity contribution is 0.0702. The predicted octanol–water partition coefficient (Wildman–Crippen LogP) is 0.879. The van der Waals surface area contributed by atoms with E-state index in [0.717, 1.165) is 11.3 Å². The van der Waals surface area contributed by atoms with Crippen molar-refractivity contribution in [2.24, 2.45) is 0 Å². The third-order valence-corrected chi connectivity index (χ3v) is 2.68. The predicted molar refractivity (Wildman–Crippen MR) is 55.6 cm³/mol. The van der Waals surface area contributed by atoms with Crippen LogP contribution < -0.4 is 5.32 Å². The molecule has 2 rings (SSSR count). The van der Waals surface area contributed by atoms with Gasteiger partial charge in [-0.15, -0.1) is 0 Å². The molecular weight excluding hydrogens is 232 g/mol. The summed E-state index contributed by atoms with van der Waals surface area (Å²) >= 11 is 1.09. The van der Waals surface area contributed by atoms with Gasteiger partial charge < -0.3 is 14.9 Å². The summed E-state index contributed by atoms with van der Waals surface area (Å²) in [5.41, 5.74) is 0. The van der Waals surface area contributed by atoms with Gasteiger partial charge in [-0.1, -0.05) is 16.5 Å². The summed E-state index contributed by atoms with van der Waals surface area (Å²) < 4.78 is 4.80. The molecule has 0 fully saturated rings. The van der Waals surface area contributed by atoms with Gasteiger partial charge in [0.2, 0.25) is 5.89 Å². The van der Waals surface area contributed by atoms with Crippen LogP contribution in [0.25, 0.3) is 0 Å². The minimum absolute atomic E-state index is 0.209. The van der Waals surface area contributed by atoms with Gasteiger partial charge in [0.05, 0.1) is 6.20 Å². The van der Waals surface area contributed by atoms with E-state index in [0.29, 0.717) is 24.0 Å². The smallest absolute Gasteiger partial charge is 0.347 e. The molecule has 0 aromatic carbocycles. The number of aromatic nitrogens is 3. The molecule has 2 aromatic heterocycles. The van der Waals surface area contributed by atoms with Gasteiger partial charge in [-0.2, -0.15) is 4.98 Å². The van der Waals surface area contributed by atoms with E-state index in [4.69, 9.17) is 9.63 Å². The zero-order valence-corrected chi connectivity index (χ0v) is 8.90. The van der Waals surface area contributed by atoms with Gasteiger partial charge in [-0.25, -0.2) is 9.78 Å². The molecule has 0 aliphatic carbocycles. The van der Waals surface area contributed by atoms with Crippen molar-refractivity contribution in [3.8, 4) is 0 Å². The number of nitrogens with one attached hydrogen (secondary N) is 1. The number of rotatable bonds is 5. The maximum Gasteiger partial charge on any atom is 0.347 e. The summed E-state index contributed by atoms with van der Waals surface area (Å²) in [5, 5.41) is 15.7. The molecule has 0 saturated heterocycles. The van der Waals surface area contributed by atoms with Crippen LogP contribution in [0, 0.1) is 0 Å². The molecule has 0 bridgehead atoms. The largest absolute Gasteiger partial charge is 0.477 e. The highest BCUT2D eigenvalue weighted by Crippen LogP contribution is 2.17. The topological polar surface area (TPSA) is 101 Å². The SMILES string of the molecule is O=C(O)c1cnc(NCCc2ncno2)s1. The van der Waals surface area contributed by atoms with E-state index >= 15 is 0 Å². The second-order valence-electron chi connectivity index (χ2n) is 2.85. The van der Waals surface area contributed by atoms with E-state index in [1.165, 1.54) is 12.5 Å². The van der Waals surface area contributed by atoms with Gasteiger partial charge in [0.15, 0.2) is 11.5 Å². The second-order valence-corrected chi connectivity index (χ2v) is 3.88. The summed E-state index contributed by atoms with van der Waals surface area (Å²) in [6, 6.07) is 0. The van der Waals surface area contributed by atoms with E-state index in [1.807, 2.05) is 0 Å². The van der Waals surface area contributed by atoms with E-state index in [9.17, 15) is 4.79 Å². The highest BCUT2D eigenvalue weighted by Gasteiger charge is 2.08. The Labute approximate surface area is 94.1 Å². The van der Waals surface area contributed by atoms with Crippen LogP contribution in [0.5, 0.6) is 0 Å². The molecule has 0 spiro atoms. The Kier molecular flexibility index (Phi) is 3.10. The third-order valence-electron chi connectivity index (χ3n) is 1.74. The molecule has 0 amide bonds. The molecule has 16 heavy (non-hydrogen) atoms. The Hall–Kier alpha value is -1.96. The number of anilines is 1. The molecule has 0 saturated carbocycles. The minimum atomic E-state index is -0.970. The van der Waals surface area contributed by atoms with Crippen LogP contribution in [0.1, 0.15) is 15.6 Å². The molecule has 0 atom stereocenters. The highest BCUT2D eigenvalue weighted by atomic mass is 32.1. The summed E-state index contributed by atoms with van der Waals surface area (Å²) in [4.78, 5) is 18.6. The van der Waals surface area contributed by atoms with Gasteiger partial charge in [0.25, 0.3) is 0 Å². The quantitative estimate of drug-likeness (QED) is 0.799. The van der Waals surface area contributed by atoms with Crippen molar-refractivity contribution < 1.29 is 14.4 Å². The molecule has 0 radical (unpaired) electrons. The van der Waals surface area contributed by atoms with Gasteiger partial charge in [-0.3, -0.25) is 0 Å². The summed E-state index contributed by atoms with van der Waals surface area (Å²) in [6.45, 7) is 0.564. The number of hydrogen-bond acceptors (Lipinski definition) is 7. The van der Waals surface area contributed by atoms with E-state index < -0.39 is 5.97 Å². The molecule has 0 aliphatic rings. The van der Waals surface area contributed by atoms with Crippen molar-refractivity contribution >= 4 is 22.4 Å². The zero-order chi connectivity index (χ0) is 11.4. The molecular formula is C8H8N4O3S. The fraction of sp³-hybridized carbons (Fsp3) is 0.250. The molecule has 84 valence electrons. The molecule has 2 heterocycles. The monoisotopic (exact) mass is 240 g/mol. The van der Waals surface area contributed by atoms with Crippen molar-refractivity contribution in [2.75, 3.05) is 11.9 Å². The number of carboxylic acids is 1. The molecule has 2 aromatic rings. The van der Waals surface area contributed by atoms with Crippen molar-refractivity contribution in [2.45, 2.75) is 6.42 Å². The first-order chi connectivity index (χ1) is 7.75. The Morgan fingerprint density at radius 3 is 3.06 bits per heavy atom. The van der Waals surface area contributed by atoms with Crippen molar-refractivity contribution in [3.05, 3.63) is 23.3 Å². The van der Waals surface area contributed by atoms with Crippen molar-refractivity contribution in [1.29, 1.82) is 0 Å². The average molecular weight is 240 g/mol. The molecule has 0 unspecified atom stereocenters. The van der Waals surface area contributed by atoms with Crippen LogP contribution in [0.3, 0.4) is 0 Å². The molecule has 7 nitrogen and oxygen atoms in total. The maximum absolute atomic E-state index is 10.6. The van der Waals surface area contributed by atoms with E-state index in [1.54, 1.807) is 0 Å². The van der Waals surface area contributed by atoms with Crippen LogP contribution in [0.15, 0.2) is 17.0 Å². The fourth-order valence-corrected chi connectivity index (χ4v) is 1.72. The van der Waals surface area contributed by atoms with Crippen LogP contribution in [0.2, 0.25) is 0 Å². The lowest BCUT2D eigenvalue weighted by atomic mass is 10.4. The van der Waals surface area contributed by atoms with Crippen molar-refractivity contribution in [1.82, 2.24) is 15.1 Å². The molecule has 2 N–H and O–H groups in total. The zero-order valence-electron chi connectivity index (χ0n) is 8.08. The minimum Gasteiger partial charge on any atom is -0.477 e. The summed E-state index contributed by atoms with van der Waals surface area (Å²) in [7, 11) is 0. The first kappa shape index (κ1) is 10.6. The lowest BCUT2D eigenvalue weighted by Gasteiger charge is -1.97. The van der Waals surface area contributed by atoms with E-state index in [2.05, 4.69) is 20.4 Å². The van der Waals surface area contributed by atoms with Gasteiger partial charge in [0, 0.05) is 13.0 Å². The average Bonchev–Trinajstić information content (AvgIpc) is 2.87. The van der Waals surface area contributed by atoms with Crippen molar-refractivity contribution in [3.63, 3.8) is 0 Å². The van der Waals surface area contributed by atoms with E-state index in [-0.39, 0.29) is 4.88 Å². The van der Waals surface area contributed by atoms with Crippen LogP contribution in [0.4, 0.5) is 5.13 Å². The number of hydrogen-bond donors (Lipinski definition) is 2. The maximum atomic E-state index is 10.6. The molecule has 8 heteroatoms. The second kappa shape index (κ2) is 4.71. The summed E-state index contributed by atoms with van der Waals surface area (Å²) in [6.07, 6.45) is 3.23. The number of aromatic carboxylic acids is 1. The van der Waals surface area contributed by atoms with Gasteiger partial charge >= 0.3 is 5.97 Å². The Bertz CT molecular complexity index is 467. The number of carboxylic acid groups (broad SMARTS) is 1. The Morgan fingerprint density at radius 2 is 2.44 bits per heavy atom. The number of thiazole rings is 1. The normalized spacial score (nSPS) is 10.2. The van der Waals surface area contributed by atoms with Gasteiger partial charge in [0.1, 0.15) is 4.88 Å². The fourth-order valence-electron chi connectivity index (χ4n) is 1.04. The first-order valence-corrected chi connectivity index (χ1v) is 5.26. The highest BCUT2D eigenvalue weighted by molar-refractivity contribution is 7.17. The Morgan fingerprint density at radius 1 is 1.56 bits per heavy atom. The third kappa shape index (κ3) is 2.54. The number of nitrogens with zero attached hydrogens (tertiary/aromatic N) is 3. The van der Waals surface area contributed by atoms with Gasteiger partial charge in [-0.05, 0) is 0 Å². The first-order valence-electron chi connectivity index (χ1n) is 4.44. The molecule has 0 aliphatic heterocycles. The standard InChI is InChI=1S/C8H8N4O3S/c13-7(14)5-3-10-8(16-5)9-2-1-6-11-4-12-15-6/h3-4H,1-2H2,(H,9,10)(H,13,14). The Balaban J connectivity index is 1.83. The van der Waals surface area contributed by atoms with Crippen LogP contribution in [-0.4, -0.2) is 32.7 Å². The van der Waals surface area contributed by atoms with Crippen LogP contribution in [-0.2, 0) is 6.42 Å². The lowest BCUT2D eigenvalue weighted by Crippen LogP contribution is -2.04. The number of carbonyl (C=O) groups is 1. The van der Waals surface area contributed by atoms with Crippen LogP contribution >= 0.6 is 11.3 Å². The summed E-state index contributed by atoms with van der Waals surface area (Å²) in [5.74, 6) is -0.440.